The molecule has 0 spiro atoms. The summed E-state index contributed by atoms with van der Waals surface area (Å²) in [5, 5.41) is 2.75. The van der Waals surface area contributed by atoms with Crippen molar-refractivity contribution in [1.82, 2.24) is 9.62 Å². The zero-order chi connectivity index (χ0) is 17.5. The normalized spacial score (nSPS) is 11.9. The molecule has 1 amide bonds. The fourth-order valence-electron chi connectivity index (χ4n) is 2.29. The Balaban J connectivity index is 2.67. The van der Waals surface area contributed by atoms with Crippen LogP contribution in [0.1, 0.15) is 32.3 Å². The molecule has 0 aliphatic carbocycles. The van der Waals surface area contributed by atoms with Gasteiger partial charge in [-0.25, -0.2) is 12.8 Å². The van der Waals surface area contributed by atoms with E-state index in [1.807, 2.05) is 13.8 Å². The highest BCUT2D eigenvalue weighted by Crippen LogP contribution is 2.12. The van der Waals surface area contributed by atoms with Gasteiger partial charge in [0.05, 0.1) is 6.26 Å². The van der Waals surface area contributed by atoms with Crippen LogP contribution in [0, 0.1) is 11.7 Å². The monoisotopic (exact) mass is 344 g/mol. The molecule has 5 nitrogen and oxygen atoms in total. The van der Waals surface area contributed by atoms with Gasteiger partial charge >= 0.3 is 0 Å². The molecule has 1 N–H and O–H groups in total. The second-order valence-electron chi connectivity index (χ2n) is 5.49. The predicted molar refractivity (Wildman–Crippen MR) is 88.7 cm³/mol. The van der Waals surface area contributed by atoms with Crippen molar-refractivity contribution >= 4 is 15.9 Å². The van der Waals surface area contributed by atoms with E-state index in [-0.39, 0.29) is 31.5 Å². The number of hydrogen-bond donors (Lipinski definition) is 1. The largest absolute Gasteiger partial charge is 0.355 e. The first-order valence-corrected chi connectivity index (χ1v) is 9.60. The van der Waals surface area contributed by atoms with E-state index < -0.39 is 15.8 Å². The van der Waals surface area contributed by atoms with Crippen molar-refractivity contribution < 1.29 is 17.6 Å². The average molecular weight is 344 g/mol. The molecule has 0 atom stereocenters. The van der Waals surface area contributed by atoms with Crippen LogP contribution in [0.3, 0.4) is 0 Å². The highest BCUT2D eigenvalue weighted by atomic mass is 32.2. The highest BCUT2D eigenvalue weighted by Gasteiger charge is 2.19. The lowest BCUT2D eigenvalue weighted by atomic mass is 10.0. The molecule has 0 aromatic heterocycles. The quantitative estimate of drug-likeness (QED) is 0.746. The van der Waals surface area contributed by atoms with Crippen molar-refractivity contribution in [3.05, 3.63) is 35.6 Å². The van der Waals surface area contributed by atoms with Crippen LogP contribution in [-0.4, -0.2) is 38.0 Å². The number of sulfonamides is 1. The van der Waals surface area contributed by atoms with Gasteiger partial charge in [0.15, 0.2) is 0 Å². The molecule has 0 aliphatic rings. The highest BCUT2D eigenvalue weighted by molar-refractivity contribution is 7.88. The van der Waals surface area contributed by atoms with E-state index in [4.69, 9.17) is 0 Å². The Morgan fingerprint density at radius 3 is 2.39 bits per heavy atom. The molecule has 130 valence electrons. The summed E-state index contributed by atoms with van der Waals surface area (Å²) in [6.45, 7) is 4.14. The predicted octanol–water partition coefficient (Wildman–Crippen LogP) is 2.14. The van der Waals surface area contributed by atoms with Crippen molar-refractivity contribution in [1.29, 1.82) is 0 Å². The Kier molecular flexibility index (Phi) is 7.64. The zero-order valence-corrected chi connectivity index (χ0v) is 14.7. The van der Waals surface area contributed by atoms with Crippen molar-refractivity contribution in [3.8, 4) is 0 Å². The van der Waals surface area contributed by atoms with Crippen LogP contribution in [0.5, 0.6) is 0 Å². The van der Waals surface area contributed by atoms with Crippen molar-refractivity contribution in [2.24, 2.45) is 5.92 Å². The van der Waals surface area contributed by atoms with Gasteiger partial charge in [-0.15, -0.1) is 0 Å². The smallest absolute Gasteiger partial charge is 0.223 e. The molecule has 0 unspecified atom stereocenters. The molecule has 7 heteroatoms. The van der Waals surface area contributed by atoms with Gasteiger partial charge in [-0.3, -0.25) is 4.79 Å². The van der Waals surface area contributed by atoms with Crippen LogP contribution >= 0.6 is 0 Å². The summed E-state index contributed by atoms with van der Waals surface area (Å²) in [6.07, 6.45) is 2.57. The standard InChI is InChI=1S/C16H25FN2O3S/c1-4-13(5-2)16(20)18-10-11-19(23(3,21)22)12-14-8-6-7-9-15(14)17/h6-9,13H,4-5,10-12H2,1-3H3,(H,18,20). The van der Waals surface area contributed by atoms with Crippen LogP contribution in [0.4, 0.5) is 4.39 Å². The number of carbonyl (C=O) groups excluding carboxylic acids is 1. The summed E-state index contributed by atoms with van der Waals surface area (Å²) < 4.78 is 38.6. The van der Waals surface area contributed by atoms with Gasteiger partial charge in [0, 0.05) is 31.1 Å². The summed E-state index contributed by atoms with van der Waals surface area (Å²) in [5.41, 5.74) is 0.309. The fourth-order valence-corrected chi connectivity index (χ4v) is 3.08. The Morgan fingerprint density at radius 2 is 1.87 bits per heavy atom. The molecule has 1 rings (SSSR count). The number of nitrogens with one attached hydrogen (secondary N) is 1. The van der Waals surface area contributed by atoms with E-state index in [0.29, 0.717) is 5.56 Å². The topological polar surface area (TPSA) is 66.5 Å². The number of carbonyl (C=O) groups is 1. The first kappa shape index (κ1) is 19.6. The molecular formula is C16H25FN2O3S. The minimum Gasteiger partial charge on any atom is -0.355 e. The van der Waals surface area contributed by atoms with Gasteiger partial charge in [-0.05, 0) is 18.9 Å². The van der Waals surface area contributed by atoms with Crippen LogP contribution in [-0.2, 0) is 21.4 Å². The van der Waals surface area contributed by atoms with E-state index in [0.717, 1.165) is 19.1 Å². The third kappa shape index (κ3) is 6.27. The van der Waals surface area contributed by atoms with Gasteiger partial charge in [0.2, 0.25) is 15.9 Å². The second-order valence-corrected chi connectivity index (χ2v) is 7.47. The molecule has 0 fully saturated rings. The second kappa shape index (κ2) is 8.98. The molecule has 0 radical (unpaired) electrons. The van der Waals surface area contributed by atoms with Crippen LogP contribution in [0.25, 0.3) is 0 Å². The number of amides is 1. The maximum Gasteiger partial charge on any atom is 0.223 e. The molecule has 0 aliphatic heterocycles. The van der Waals surface area contributed by atoms with Crippen LogP contribution in [0.15, 0.2) is 24.3 Å². The number of nitrogens with zero attached hydrogens (tertiary/aromatic N) is 1. The zero-order valence-electron chi connectivity index (χ0n) is 13.9. The molecule has 23 heavy (non-hydrogen) atoms. The van der Waals surface area contributed by atoms with Gasteiger partial charge in [-0.1, -0.05) is 32.0 Å². The third-order valence-electron chi connectivity index (χ3n) is 3.79. The number of hydrogen-bond acceptors (Lipinski definition) is 3. The minimum absolute atomic E-state index is 0.0492. The summed E-state index contributed by atoms with van der Waals surface area (Å²) in [5.74, 6) is -0.579. The van der Waals surface area contributed by atoms with E-state index in [1.54, 1.807) is 18.2 Å². The Labute approximate surface area is 137 Å². The van der Waals surface area contributed by atoms with Crippen molar-refractivity contribution in [2.75, 3.05) is 19.3 Å². The van der Waals surface area contributed by atoms with Gasteiger partial charge in [-0.2, -0.15) is 4.31 Å². The Bertz CT molecular complexity index is 616. The van der Waals surface area contributed by atoms with Crippen molar-refractivity contribution in [2.45, 2.75) is 33.2 Å². The molecule has 0 saturated carbocycles. The average Bonchev–Trinajstić information content (AvgIpc) is 2.48. The van der Waals surface area contributed by atoms with Gasteiger partial charge in [0.1, 0.15) is 5.82 Å². The lowest BCUT2D eigenvalue weighted by molar-refractivity contribution is -0.125. The maximum absolute atomic E-state index is 13.7. The molecular weight excluding hydrogens is 319 g/mol. The number of benzene rings is 1. The summed E-state index contributed by atoms with van der Waals surface area (Å²) in [6, 6.07) is 6.06. The number of halogens is 1. The van der Waals surface area contributed by atoms with Gasteiger partial charge in [0.25, 0.3) is 0 Å². The summed E-state index contributed by atoms with van der Waals surface area (Å²) in [4.78, 5) is 11.9. The first-order valence-electron chi connectivity index (χ1n) is 7.75. The Morgan fingerprint density at radius 1 is 1.26 bits per heavy atom. The van der Waals surface area contributed by atoms with Crippen LogP contribution in [0.2, 0.25) is 0 Å². The number of rotatable bonds is 9. The molecule has 1 aromatic rings. The fraction of sp³-hybridized carbons (Fsp3) is 0.562. The molecule has 0 saturated heterocycles. The maximum atomic E-state index is 13.7. The third-order valence-corrected chi connectivity index (χ3v) is 5.04. The molecule has 1 aromatic carbocycles. The molecule has 0 bridgehead atoms. The van der Waals surface area contributed by atoms with E-state index in [2.05, 4.69) is 5.32 Å². The van der Waals surface area contributed by atoms with Crippen molar-refractivity contribution in [3.63, 3.8) is 0 Å². The molecule has 0 heterocycles. The van der Waals surface area contributed by atoms with E-state index in [9.17, 15) is 17.6 Å². The minimum atomic E-state index is -3.49. The van der Waals surface area contributed by atoms with Gasteiger partial charge < -0.3 is 5.32 Å². The summed E-state index contributed by atoms with van der Waals surface area (Å²) >= 11 is 0. The van der Waals surface area contributed by atoms with Crippen LogP contribution < -0.4 is 5.32 Å². The van der Waals surface area contributed by atoms with E-state index in [1.165, 1.54) is 10.4 Å². The first-order chi connectivity index (χ1) is 10.8. The SMILES string of the molecule is CCC(CC)C(=O)NCCN(Cc1ccccc1F)S(C)(=O)=O. The lowest BCUT2D eigenvalue weighted by Gasteiger charge is -2.21. The van der Waals surface area contributed by atoms with E-state index >= 15 is 0 Å². The lowest BCUT2D eigenvalue weighted by Crippen LogP contribution is -2.39. The summed E-state index contributed by atoms with van der Waals surface area (Å²) in [7, 11) is -3.49. The Hall–Kier alpha value is -1.47.